The lowest BCUT2D eigenvalue weighted by molar-refractivity contribution is 0.00760. The van der Waals surface area contributed by atoms with Crippen molar-refractivity contribution in [3.8, 4) is 0 Å². The van der Waals surface area contributed by atoms with E-state index in [0.717, 1.165) is 6.42 Å². The minimum atomic E-state index is -0.0169. The summed E-state index contributed by atoms with van der Waals surface area (Å²) >= 11 is 0. The van der Waals surface area contributed by atoms with Crippen LogP contribution in [-0.2, 0) is 4.74 Å². The van der Waals surface area contributed by atoms with E-state index in [0.29, 0.717) is 12.1 Å². The van der Waals surface area contributed by atoms with Crippen LogP contribution < -0.4 is 5.32 Å². The molecule has 1 rings (SSSR count). The van der Waals surface area contributed by atoms with E-state index in [-0.39, 0.29) is 5.60 Å². The first-order chi connectivity index (χ1) is 7.03. The molecular weight excluding hydrogens is 186 g/mol. The zero-order valence-corrected chi connectivity index (χ0v) is 10.5. The van der Waals surface area contributed by atoms with E-state index in [2.05, 4.69) is 38.2 Å². The zero-order valence-electron chi connectivity index (χ0n) is 10.5. The first kappa shape index (κ1) is 12.7. The van der Waals surface area contributed by atoms with Crippen LogP contribution in [0.25, 0.3) is 0 Å². The van der Waals surface area contributed by atoms with Gasteiger partial charge in [0.1, 0.15) is 0 Å². The van der Waals surface area contributed by atoms with E-state index in [4.69, 9.17) is 4.74 Å². The molecule has 0 aromatic rings. The highest BCUT2D eigenvalue weighted by molar-refractivity contribution is 4.94. The van der Waals surface area contributed by atoms with Crippen molar-refractivity contribution in [1.82, 2.24) is 5.32 Å². The minimum absolute atomic E-state index is 0.0169. The van der Waals surface area contributed by atoms with Crippen molar-refractivity contribution in [2.75, 3.05) is 7.11 Å². The molecule has 1 aliphatic carbocycles. The quantitative estimate of drug-likeness (QED) is 0.706. The van der Waals surface area contributed by atoms with Crippen molar-refractivity contribution in [2.45, 2.75) is 64.1 Å². The summed E-state index contributed by atoms with van der Waals surface area (Å²) in [6.07, 6.45) is 9.30. The van der Waals surface area contributed by atoms with Crippen LogP contribution >= 0.6 is 0 Å². The molecule has 2 unspecified atom stereocenters. The van der Waals surface area contributed by atoms with Crippen LogP contribution in [0.15, 0.2) is 12.2 Å². The highest BCUT2D eigenvalue weighted by Gasteiger charge is 2.21. The van der Waals surface area contributed by atoms with Crippen LogP contribution in [-0.4, -0.2) is 24.8 Å². The van der Waals surface area contributed by atoms with Crippen molar-refractivity contribution < 1.29 is 4.74 Å². The molecule has 1 aliphatic rings. The van der Waals surface area contributed by atoms with Gasteiger partial charge in [-0.25, -0.2) is 0 Å². The number of hydrogen-bond donors (Lipinski definition) is 1. The number of hydrogen-bond acceptors (Lipinski definition) is 2. The van der Waals surface area contributed by atoms with Crippen LogP contribution in [0.1, 0.15) is 46.5 Å². The van der Waals surface area contributed by atoms with Crippen LogP contribution in [0.4, 0.5) is 0 Å². The number of ether oxygens (including phenoxy) is 1. The van der Waals surface area contributed by atoms with Gasteiger partial charge in [0.25, 0.3) is 0 Å². The molecule has 1 N–H and O–H groups in total. The Morgan fingerprint density at radius 3 is 2.73 bits per heavy atom. The fourth-order valence-corrected chi connectivity index (χ4v) is 2.23. The van der Waals surface area contributed by atoms with Gasteiger partial charge < -0.3 is 10.1 Å². The van der Waals surface area contributed by atoms with Gasteiger partial charge in [-0.15, -0.1) is 0 Å². The third-order valence-corrected chi connectivity index (χ3v) is 3.14. The maximum absolute atomic E-state index is 5.44. The summed E-state index contributed by atoms with van der Waals surface area (Å²) in [7, 11) is 1.79. The van der Waals surface area contributed by atoms with Gasteiger partial charge in [-0.05, 0) is 46.5 Å². The van der Waals surface area contributed by atoms with Gasteiger partial charge in [0.2, 0.25) is 0 Å². The third-order valence-electron chi connectivity index (χ3n) is 3.14. The second kappa shape index (κ2) is 5.66. The molecular formula is C13H25NO. The van der Waals surface area contributed by atoms with E-state index in [1.54, 1.807) is 7.11 Å². The summed E-state index contributed by atoms with van der Waals surface area (Å²) in [6.45, 7) is 6.54. The van der Waals surface area contributed by atoms with Crippen molar-refractivity contribution in [3.63, 3.8) is 0 Å². The molecule has 0 fully saturated rings. The van der Waals surface area contributed by atoms with Gasteiger partial charge >= 0.3 is 0 Å². The lowest BCUT2D eigenvalue weighted by Crippen LogP contribution is -2.41. The second-order valence-electron chi connectivity index (χ2n) is 5.22. The van der Waals surface area contributed by atoms with Crippen molar-refractivity contribution in [1.29, 1.82) is 0 Å². The Kier molecular flexibility index (Phi) is 4.81. The number of allylic oxidation sites excluding steroid dienone is 1. The summed E-state index contributed by atoms with van der Waals surface area (Å²) in [5, 5.41) is 3.68. The SMILES string of the molecule is COC(C)(C)CC(C)NC1CC=CCC1. The molecule has 0 radical (unpaired) electrons. The topological polar surface area (TPSA) is 21.3 Å². The lowest BCUT2D eigenvalue weighted by Gasteiger charge is -2.30. The Morgan fingerprint density at radius 2 is 2.20 bits per heavy atom. The van der Waals surface area contributed by atoms with Gasteiger partial charge in [0.05, 0.1) is 5.60 Å². The number of rotatable bonds is 5. The predicted octanol–water partition coefficient (Wildman–Crippen LogP) is 2.89. The van der Waals surface area contributed by atoms with Gasteiger partial charge in [0, 0.05) is 19.2 Å². The van der Waals surface area contributed by atoms with Gasteiger partial charge in [0.15, 0.2) is 0 Å². The predicted molar refractivity (Wildman–Crippen MR) is 65.1 cm³/mol. The van der Waals surface area contributed by atoms with Crippen LogP contribution in [0.5, 0.6) is 0 Å². The molecule has 0 saturated carbocycles. The average molecular weight is 211 g/mol. The van der Waals surface area contributed by atoms with Gasteiger partial charge in [-0.2, -0.15) is 0 Å². The summed E-state index contributed by atoms with van der Waals surface area (Å²) in [4.78, 5) is 0. The lowest BCUT2D eigenvalue weighted by atomic mass is 9.96. The fourth-order valence-electron chi connectivity index (χ4n) is 2.23. The largest absolute Gasteiger partial charge is 0.379 e. The molecule has 0 heterocycles. The number of methoxy groups -OCH3 is 1. The number of nitrogens with one attached hydrogen (secondary N) is 1. The van der Waals surface area contributed by atoms with E-state index in [1.807, 2.05) is 0 Å². The highest BCUT2D eigenvalue weighted by atomic mass is 16.5. The van der Waals surface area contributed by atoms with E-state index in [9.17, 15) is 0 Å². The molecule has 0 aliphatic heterocycles. The molecule has 0 aromatic carbocycles. The third kappa shape index (κ3) is 4.80. The summed E-state index contributed by atoms with van der Waals surface area (Å²) in [5.74, 6) is 0. The second-order valence-corrected chi connectivity index (χ2v) is 5.22. The molecule has 15 heavy (non-hydrogen) atoms. The standard InChI is InChI=1S/C13H25NO/c1-11(10-13(2,3)15-4)14-12-8-6-5-7-9-12/h5-6,11-12,14H,7-10H2,1-4H3. The molecule has 2 heteroatoms. The Labute approximate surface area is 94.1 Å². The molecule has 0 bridgehead atoms. The van der Waals surface area contributed by atoms with E-state index < -0.39 is 0 Å². The maximum Gasteiger partial charge on any atom is 0.0637 e. The fraction of sp³-hybridized carbons (Fsp3) is 0.846. The molecule has 0 saturated heterocycles. The Bertz CT molecular complexity index is 211. The summed E-state index contributed by atoms with van der Waals surface area (Å²) in [5.41, 5.74) is -0.0169. The molecule has 0 spiro atoms. The monoisotopic (exact) mass is 211 g/mol. The molecule has 2 nitrogen and oxygen atoms in total. The maximum atomic E-state index is 5.44. The molecule has 0 aromatic heterocycles. The molecule has 2 atom stereocenters. The Morgan fingerprint density at radius 1 is 1.47 bits per heavy atom. The van der Waals surface area contributed by atoms with Crippen LogP contribution in [0.3, 0.4) is 0 Å². The highest BCUT2D eigenvalue weighted by Crippen LogP contribution is 2.17. The first-order valence-electron chi connectivity index (χ1n) is 6.00. The molecule has 0 amide bonds. The first-order valence-corrected chi connectivity index (χ1v) is 6.00. The summed E-state index contributed by atoms with van der Waals surface area (Å²) in [6, 6.07) is 1.19. The smallest absolute Gasteiger partial charge is 0.0637 e. The Balaban J connectivity index is 2.29. The molecule has 88 valence electrons. The Hall–Kier alpha value is -0.340. The van der Waals surface area contributed by atoms with Crippen molar-refractivity contribution in [3.05, 3.63) is 12.2 Å². The van der Waals surface area contributed by atoms with Crippen molar-refractivity contribution in [2.24, 2.45) is 0 Å². The van der Waals surface area contributed by atoms with Gasteiger partial charge in [-0.1, -0.05) is 12.2 Å². The summed E-state index contributed by atoms with van der Waals surface area (Å²) < 4.78 is 5.44. The minimum Gasteiger partial charge on any atom is -0.379 e. The average Bonchev–Trinajstić information content (AvgIpc) is 2.18. The van der Waals surface area contributed by atoms with Crippen molar-refractivity contribution >= 4 is 0 Å². The van der Waals surface area contributed by atoms with E-state index in [1.165, 1.54) is 19.3 Å². The zero-order chi connectivity index (χ0) is 11.3. The van der Waals surface area contributed by atoms with E-state index >= 15 is 0 Å². The van der Waals surface area contributed by atoms with Crippen LogP contribution in [0, 0.1) is 0 Å². The van der Waals surface area contributed by atoms with Crippen LogP contribution in [0.2, 0.25) is 0 Å². The van der Waals surface area contributed by atoms with Gasteiger partial charge in [-0.3, -0.25) is 0 Å². The normalized spacial score (nSPS) is 24.1.